The summed E-state index contributed by atoms with van der Waals surface area (Å²) in [6, 6.07) is 15.9. The zero-order chi connectivity index (χ0) is 16.5. The minimum Gasteiger partial charge on any atom is -0.273 e. The highest BCUT2D eigenvalue weighted by Crippen LogP contribution is 2.12. The number of nitro benzene ring substituents is 1. The average molecular weight is 311 g/mol. The second-order valence-electron chi connectivity index (χ2n) is 4.97. The van der Waals surface area contributed by atoms with Crippen molar-refractivity contribution in [2.45, 2.75) is 19.3 Å². The van der Waals surface area contributed by atoms with E-state index in [4.69, 9.17) is 0 Å². The minimum atomic E-state index is -0.471. The van der Waals surface area contributed by atoms with Gasteiger partial charge in [0.2, 0.25) is 5.91 Å². The number of nitrogens with zero attached hydrogens (tertiary/aromatic N) is 2. The number of hydrazone groups is 1. The molecule has 6 heteroatoms. The first kappa shape index (κ1) is 16.4. The monoisotopic (exact) mass is 311 g/mol. The van der Waals surface area contributed by atoms with Crippen LogP contribution in [0.25, 0.3) is 0 Å². The highest BCUT2D eigenvalue weighted by molar-refractivity contribution is 5.79. The zero-order valence-electron chi connectivity index (χ0n) is 12.5. The molecule has 0 saturated heterocycles. The van der Waals surface area contributed by atoms with Gasteiger partial charge in [-0.1, -0.05) is 42.5 Å². The summed E-state index contributed by atoms with van der Waals surface area (Å²) >= 11 is 0. The molecule has 0 fully saturated rings. The molecule has 0 aromatic heterocycles. The molecule has 0 unspecified atom stereocenters. The molecule has 6 nitrogen and oxygen atoms in total. The fourth-order valence-electron chi connectivity index (χ4n) is 2.02. The van der Waals surface area contributed by atoms with Crippen LogP contribution in [0, 0.1) is 10.1 Å². The summed E-state index contributed by atoms with van der Waals surface area (Å²) < 4.78 is 0. The van der Waals surface area contributed by atoms with Crippen molar-refractivity contribution in [1.82, 2.24) is 5.43 Å². The van der Waals surface area contributed by atoms with Crippen molar-refractivity contribution < 1.29 is 9.72 Å². The Balaban J connectivity index is 1.72. The Hall–Kier alpha value is -3.02. The topological polar surface area (TPSA) is 84.6 Å². The number of aryl methyl sites for hydroxylation is 1. The molecular formula is C17H17N3O3. The van der Waals surface area contributed by atoms with Gasteiger partial charge in [-0.25, -0.2) is 5.43 Å². The summed E-state index contributed by atoms with van der Waals surface area (Å²) in [5.74, 6) is -0.255. The molecule has 0 aliphatic carbocycles. The number of benzene rings is 2. The van der Waals surface area contributed by atoms with Gasteiger partial charge >= 0.3 is 0 Å². The van der Waals surface area contributed by atoms with Gasteiger partial charge in [-0.05, 0) is 24.0 Å². The van der Waals surface area contributed by atoms with E-state index in [1.807, 2.05) is 30.3 Å². The molecule has 0 spiro atoms. The van der Waals surface area contributed by atoms with E-state index >= 15 is 0 Å². The molecule has 1 N–H and O–H groups in total. The summed E-state index contributed by atoms with van der Waals surface area (Å²) in [5, 5.41) is 14.4. The van der Waals surface area contributed by atoms with Crippen LogP contribution in [0.1, 0.15) is 17.5 Å². The summed E-state index contributed by atoms with van der Waals surface area (Å²) in [6.07, 6.45) is 3.40. The van der Waals surface area contributed by atoms with Gasteiger partial charge in [0, 0.05) is 18.3 Å². The Labute approximate surface area is 134 Å². The third-order valence-electron chi connectivity index (χ3n) is 3.20. The van der Waals surface area contributed by atoms with Gasteiger partial charge in [-0.15, -0.1) is 0 Å². The van der Waals surface area contributed by atoms with Crippen LogP contribution in [0.2, 0.25) is 0 Å². The molecule has 0 bridgehead atoms. The van der Waals surface area contributed by atoms with E-state index in [9.17, 15) is 14.9 Å². The summed E-state index contributed by atoms with van der Waals surface area (Å²) in [5.41, 5.74) is 4.38. The van der Waals surface area contributed by atoms with E-state index in [-0.39, 0.29) is 18.0 Å². The Morgan fingerprint density at radius 1 is 1.09 bits per heavy atom. The van der Waals surface area contributed by atoms with E-state index < -0.39 is 4.92 Å². The number of rotatable bonds is 7. The molecular weight excluding hydrogens is 294 g/mol. The first-order chi connectivity index (χ1) is 11.1. The molecule has 0 heterocycles. The number of carbonyl (C=O) groups excluding carboxylic acids is 1. The van der Waals surface area contributed by atoms with Crippen LogP contribution in [-0.4, -0.2) is 17.0 Å². The number of nitrogens with one attached hydrogen (secondary N) is 1. The number of nitro groups is 1. The molecule has 118 valence electrons. The van der Waals surface area contributed by atoms with Crippen LogP contribution in [0.4, 0.5) is 5.69 Å². The van der Waals surface area contributed by atoms with E-state index in [0.717, 1.165) is 12.8 Å². The van der Waals surface area contributed by atoms with E-state index in [1.165, 1.54) is 17.7 Å². The maximum atomic E-state index is 11.7. The second kappa shape index (κ2) is 8.43. The first-order valence-electron chi connectivity index (χ1n) is 7.23. The Morgan fingerprint density at radius 3 is 2.43 bits per heavy atom. The molecule has 0 radical (unpaired) electrons. The maximum Gasteiger partial charge on any atom is 0.269 e. The Kier molecular flexibility index (Phi) is 5.99. The number of hydrogen-bond acceptors (Lipinski definition) is 4. The van der Waals surface area contributed by atoms with Crippen molar-refractivity contribution in [2.75, 3.05) is 0 Å². The van der Waals surface area contributed by atoms with Gasteiger partial charge < -0.3 is 0 Å². The second-order valence-corrected chi connectivity index (χ2v) is 4.97. The highest BCUT2D eigenvalue weighted by Gasteiger charge is 2.06. The van der Waals surface area contributed by atoms with E-state index in [2.05, 4.69) is 10.5 Å². The Morgan fingerprint density at radius 2 is 1.78 bits per heavy atom. The fourth-order valence-corrected chi connectivity index (χ4v) is 2.02. The van der Waals surface area contributed by atoms with Crippen LogP contribution < -0.4 is 5.43 Å². The minimum absolute atomic E-state index is 0.00749. The lowest BCUT2D eigenvalue weighted by molar-refractivity contribution is -0.384. The molecule has 0 saturated carbocycles. The standard InChI is InChI=1S/C17H17N3O3/c21-17(13-15-8-10-16(11-9-15)20(22)23)19-18-12-4-7-14-5-2-1-3-6-14/h1-3,5-6,8-12H,4,7,13H2,(H,19,21)/b18-12+. The zero-order valence-corrected chi connectivity index (χ0v) is 12.5. The number of amides is 1. The predicted molar refractivity (Wildman–Crippen MR) is 88.2 cm³/mol. The van der Waals surface area contributed by atoms with Gasteiger partial charge in [0.15, 0.2) is 0 Å². The normalized spacial score (nSPS) is 10.6. The molecule has 2 aromatic rings. The van der Waals surface area contributed by atoms with Gasteiger partial charge in [0.1, 0.15) is 0 Å². The van der Waals surface area contributed by atoms with Crippen molar-refractivity contribution in [1.29, 1.82) is 0 Å². The largest absolute Gasteiger partial charge is 0.273 e. The summed E-state index contributed by atoms with van der Waals surface area (Å²) in [4.78, 5) is 21.8. The average Bonchev–Trinajstić information content (AvgIpc) is 2.56. The lowest BCUT2D eigenvalue weighted by atomic mass is 10.1. The molecule has 1 amide bonds. The van der Waals surface area contributed by atoms with Crippen molar-refractivity contribution in [3.63, 3.8) is 0 Å². The summed E-state index contributed by atoms with van der Waals surface area (Å²) in [6.45, 7) is 0. The predicted octanol–water partition coefficient (Wildman–Crippen LogP) is 2.87. The number of carbonyl (C=O) groups is 1. The van der Waals surface area contributed by atoms with Gasteiger partial charge in [-0.2, -0.15) is 5.10 Å². The Bertz CT molecular complexity index is 682. The quantitative estimate of drug-likeness (QED) is 0.485. The van der Waals surface area contributed by atoms with Crippen LogP contribution in [-0.2, 0) is 17.6 Å². The molecule has 23 heavy (non-hydrogen) atoms. The van der Waals surface area contributed by atoms with Gasteiger partial charge in [-0.3, -0.25) is 14.9 Å². The molecule has 2 aromatic carbocycles. The van der Waals surface area contributed by atoms with Crippen molar-refractivity contribution in [3.8, 4) is 0 Å². The molecule has 2 rings (SSSR count). The summed E-state index contributed by atoms with van der Waals surface area (Å²) in [7, 11) is 0. The van der Waals surface area contributed by atoms with Crippen molar-refractivity contribution in [2.24, 2.45) is 5.10 Å². The third-order valence-corrected chi connectivity index (χ3v) is 3.20. The number of hydrogen-bond donors (Lipinski definition) is 1. The molecule has 0 aliphatic rings. The molecule has 0 atom stereocenters. The smallest absolute Gasteiger partial charge is 0.269 e. The third kappa shape index (κ3) is 5.70. The fraction of sp³-hybridized carbons (Fsp3) is 0.176. The van der Waals surface area contributed by atoms with E-state index in [0.29, 0.717) is 5.56 Å². The molecule has 0 aliphatic heterocycles. The SMILES string of the molecule is O=C(Cc1ccc([N+](=O)[O-])cc1)N/N=C/CCc1ccccc1. The van der Waals surface area contributed by atoms with Crippen LogP contribution in [0.5, 0.6) is 0 Å². The van der Waals surface area contributed by atoms with Crippen molar-refractivity contribution in [3.05, 3.63) is 75.8 Å². The lowest BCUT2D eigenvalue weighted by Crippen LogP contribution is -2.19. The van der Waals surface area contributed by atoms with Gasteiger partial charge in [0.25, 0.3) is 5.69 Å². The lowest BCUT2D eigenvalue weighted by Gasteiger charge is -2.00. The van der Waals surface area contributed by atoms with Crippen LogP contribution >= 0.6 is 0 Å². The number of non-ortho nitro benzene ring substituents is 1. The van der Waals surface area contributed by atoms with Crippen LogP contribution in [0.15, 0.2) is 59.7 Å². The maximum absolute atomic E-state index is 11.7. The van der Waals surface area contributed by atoms with Crippen LogP contribution in [0.3, 0.4) is 0 Å². The van der Waals surface area contributed by atoms with Crippen molar-refractivity contribution >= 4 is 17.8 Å². The van der Waals surface area contributed by atoms with E-state index in [1.54, 1.807) is 18.3 Å². The highest BCUT2D eigenvalue weighted by atomic mass is 16.6. The van der Waals surface area contributed by atoms with Gasteiger partial charge in [0.05, 0.1) is 11.3 Å². The first-order valence-corrected chi connectivity index (χ1v) is 7.23.